The Bertz CT molecular complexity index is 1130. The molecule has 0 radical (unpaired) electrons. The van der Waals surface area contributed by atoms with Gasteiger partial charge in [0, 0.05) is 10.9 Å². The molecule has 2 atom stereocenters. The van der Waals surface area contributed by atoms with Crippen LogP contribution < -0.4 is 10.1 Å². The SMILES string of the molecule is CC(C)(C)OC(=O)NC1CCC(Oc2ncnc3sc4c(c23)[C@@H](CC(C#N)O[Si](C)(C)C)CC4)CC1. The van der Waals surface area contributed by atoms with Gasteiger partial charge in [-0.3, -0.25) is 0 Å². The van der Waals surface area contributed by atoms with E-state index in [4.69, 9.17) is 13.9 Å². The van der Waals surface area contributed by atoms with Crippen molar-refractivity contribution in [1.29, 1.82) is 5.26 Å². The zero-order chi connectivity index (χ0) is 26.1. The Hall–Kier alpha value is -2.22. The minimum Gasteiger partial charge on any atom is -0.474 e. The van der Waals surface area contributed by atoms with Gasteiger partial charge in [0.25, 0.3) is 0 Å². The highest BCUT2D eigenvalue weighted by Crippen LogP contribution is 2.48. The highest BCUT2D eigenvalue weighted by atomic mass is 32.1. The molecule has 0 aliphatic heterocycles. The van der Waals surface area contributed by atoms with Gasteiger partial charge in [0.2, 0.25) is 5.88 Å². The Morgan fingerprint density at radius 1 is 1.22 bits per heavy atom. The molecule has 2 aliphatic rings. The number of ether oxygens (including phenoxy) is 2. The molecule has 8 nitrogen and oxygen atoms in total. The van der Waals surface area contributed by atoms with E-state index in [9.17, 15) is 10.1 Å². The minimum absolute atomic E-state index is 0.0391. The number of carbonyl (C=O) groups is 1. The Labute approximate surface area is 218 Å². The van der Waals surface area contributed by atoms with Crippen molar-refractivity contribution in [2.24, 2.45) is 0 Å². The van der Waals surface area contributed by atoms with Gasteiger partial charge < -0.3 is 19.2 Å². The summed E-state index contributed by atoms with van der Waals surface area (Å²) in [4.78, 5) is 23.5. The molecule has 1 fully saturated rings. The standard InChI is InChI=1S/C26H38N4O4SSi/c1-26(2,3)33-25(31)30-17-8-10-18(11-9-17)32-23-22-21-16(13-19(14-27)34-36(4,5)6)7-12-20(21)35-24(22)29-15-28-23/h15-19H,7-13H2,1-6H3,(H,30,31)/t16-,17?,18?,19?/m1/s1. The third-order valence-electron chi connectivity index (χ3n) is 6.51. The predicted octanol–water partition coefficient (Wildman–Crippen LogP) is 6.07. The lowest BCUT2D eigenvalue weighted by Crippen LogP contribution is -2.42. The van der Waals surface area contributed by atoms with Crippen molar-refractivity contribution in [3.8, 4) is 11.9 Å². The molecule has 0 saturated heterocycles. The molecule has 0 spiro atoms. The Balaban J connectivity index is 1.44. The number of thiophene rings is 1. The van der Waals surface area contributed by atoms with Crippen molar-refractivity contribution in [3.63, 3.8) is 0 Å². The fourth-order valence-electron chi connectivity index (χ4n) is 5.13. The van der Waals surface area contributed by atoms with Crippen molar-refractivity contribution in [2.75, 3.05) is 0 Å². The van der Waals surface area contributed by atoms with Crippen LogP contribution in [0.25, 0.3) is 10.2 Å². The molecule has 2 heterocycles. The maximum Gasteiger partial charge on any atom is 0.407 e. The number of nitriles is 1. The smallest absolute Gasteiger partial charge is 0.407 e. The highest BCUT2D eigenvalue weighted by Gasteiger charge is 2.34. The first-order valence-electron chi connectivity index (χ1n) is 12.9. The Kier molecular flexibility index (Phi) is 7.93. The van der Waals surface area contributed by atoms with E-state index >= 15 is 0 Å². The van der Waals surface area contributed by atoms with E-state index in [1.54, 1.807) is 17.7 Å². The number of alkyl carbamates (subject to hydrolysis) is 1. The average molecular weight is 531 g/mol. The highest BCUT2D eigenvalue weighted by molar-refractivity contribution is 7.19. The van der Waals surface area contributed by atoms with Gasteiger partial charge in [0.15, 0.2) is 8.32 Å². The van der Waals surface area contributed by atoms with Gasteiger partial charge in [0.1, 0.15) is 29.0 Å². The zero-order valence-electron chi connectivity index (χ0n) is 22.2. The van der Waals surface area contributed by atoms with Gasteiger partial charge >= 0.3 is 6.09 Å². The lowest BCUT2D eigenvalue weighted by atomic mass is 9.93. The average Bonchev–Trinajstić information content (AvgIpc) is 3.32. The predicted molar refractivity (Wildman–Crippen MR) is 143 cm³/mol. The second kappa shape index (κ2) is 10.6. The van der Waals surface area contributed by atoms with Crippen LogP contribution in [0.1, 0.15) is 75.7 Å². The normalized spacial score (nSPS) is 23.1. The van der Waals surface area contributed by atoms with E-state index in [2.05, 4.69) is 41.0 Å². The van der Waals surface area contributed by atoms with Crippen molar-refractivity contribution < 1.29 is 18.7 Å². The van der Waals surface area contributed by atoms with Crippen LogP contribution in [0, 0.1) is 11.3 Å². The largest absolute Gasteiger partial charge is 0.474 e. The number of rotatable bonds is 7. The molecule has 36 heavy (non-hydrogen) atoms. The van der Waals surface area contributed by atoms with Gasteiger partial charge in [-0.1, -0.05) is 0 Å². The maximum absolute atomic E-state index is 12.1. The summed E-state index contributed by atoms with van der Waals surface area (Å²) in [5.74, 6) is 0.893. The number of nitrogens with zero attached hydrogens (tertiary/aromatic N) is 3. The first kappa shape index (κ1) is 26.8. The number of aromatic nitrogens is 2. The molecule has 2 aliphatic carbocycles. The quantitative estimate of drug-likeness (QED) is 0.433. The van der Waals surface area contributed by atoms with Gasteiger partial charge in [-0.2, -0.15) is 5.26 Å². The fraction of sp³-hybridized carbons (Fsp3) is 0.692. The fourth-order valence-corrected chi connectivity index (χ4v) is 7.37. The van der Waals surface area contributed by atoms with E-state index in [1.165, 1.54) is 10.4 Å². The van der Waals surface area contributed by atoms with Gasteiger partial charge in [-0.25, -0.2) is 14.8 Å². The summed E-state index contributed by atoms with van der Waals surface area (Å²) in [6.07, 6.45) is 6.90. The van der Waals surface area contributed by atoms with Crippen LogP contribution in [-0.2, 0) is 15.6 Å². The molecular formula is C26H38N4O4SSi. The van der Waals surface area contributed by atoms with Crippen LogP contribution in [0.15, 0.2) is 6.33 Å². The van der Waals surface area contributed by atoms with Crippen LogP contribution in [0.3, 0.4) is 0 Å². The summed E-state index contributed by atoms with van der Waals surface area (Å²) < 4.78 is 18.0. The van der Waals surface area contributed by atoms with Gasteiger partial charge in [-0.05, 0) is 96.8 Å². The van der Waals surface area contributed by atoms with E-state index in [-0.39, 0.29) is 24.2 Å². The van der Waals surface area contributed by atoms with Crippen molar-refractivity contribution in [1.82, 2.24) is 15.3 Å². The summed E-state index contributed by atoms with van der Waals surface area (Å²) >= 11 is 1.72. The Morgan fingerprint density at radius 2 is 1.94 bits per heavy atom. The molecule has 2 aromatic heterocycles. The molecule has 2 aromatic rings. The number of amides is 1. The molecule has 4 rings (SSSR count). The van der Waals surface area contributed by atoms with Crippen molar-refractivity contribution in [3.05, 3.63) is 16.8 Å². The molecule has 1 amide bonds. The van der Waals surface area contributed by atoms with Gasteiger partial charge in [-0.15, -0.1) is 11.3 Å². The zero-order valence-corrected chi connectivity index (χ0v) is 24.0. The van der Waals surface area contributed by atoms with E-state index in [0.29, 0.717) is 12.3 Å². The number of nitrogens with one attached hydrogen (secondary N) is 1. The molecule has 1 unspecified atom stereocenters. The number of aryl methyl sites for hydroxylation is 1. The van der Waals surface area contributed by atoms with Crippen LogP contribution in [0.5, 0.6) is 5.88 Å². The summed E-state index contributed by atoms with van der Waals surface area (Å²) in [6, 6.07) is 2.47. The number of carbonyl (C=O) groups excluding carboxylic acids is 1. The topological polar surface area (TPSA) is 106 Å². The van der Waals surface area contributed by atoms with E-state index < -0.39 is 20.0 Å². The molecule has 196 valence electrons. The first-order chi connectivity index (χ1) is 16.9. The van der Waals surface area contributed by atoms with Crippen LogP contribution in [0.4, 0.5) is 4.79 Å². The van der Waals surface area contributed by atoms with Crippen molar-refractivity contribution >= 4 is 36.0 Å². The lowest BCUT2D eigenvalue weighted by Gasteiger charge is -2.30. The van der Waals surface area contributed by atoms with E-state index in [0.717, 1.165) is 48.7 Å². The minimum atomic E-state index is -1.81. The van der Waals surface area contributed by atoms with E-state index in [1.807, 2.05) is 20.8 Å². The summed E-state index contributed by atoms with van der Waals surface area (Å²) in [5.41, 5.74) is 0.750. The molecule has 10 heteroatoms. The molecule has 1 saturated carbocycles. The molecular weight excluding hydrogens is 492 g/mol. The molecule has 1 N–H and O–H groups in total. The van der Waals surface area contributed by atoms with Gasteiger partial charge in [0.05, 0.1) is 11.5 Å². The lowest BCUT2D eigenvalue weighted by molar-refractivity contribution is 0.0470. The second-order valence-electron chi connectivity index (χ2n) is 11.9. The van der Waals surface area contributed by atoms with Crippen LogP contribution in [-0.4, -0.2) is 48.2 Å². The number of hydrogen-bond donors (Lipinski definition) is 1. The Morgan fingerprint density at radius 3 is 2.58 bits per heavy atom. The number of fused-ring (bicyclic) bond motifs is 3. The van der Waals surface area contributed by atoms with Crippen LogP contribution >= 0.6 is 11.3 Å². The van der Waals surface area contributed by atoms with Crippen LogP contribution in [0.2, 0.25) is 19.6 Å². The second-order valence-corrected chi connectivity index (χ2v) is 17.4. The maximum atomic E-state index is 12.1. The summed E-state index contributed by atoms with van der Waals surface area (Å²) in [6.45, 7) is 12.0. The van der Waals surface area contributed by atoms with Crippen molar-refractivity contribution in [2.45, 2.75) is 115 Å². The molecule has 0 bridgehead atoms. The summed E-state index contributed by atoms with van der Waals surface area (Å²) in [5, 5.41) is 13.7. The summed E-state index contributed by atoms with van der Waals surface area (Å²) in [7, 11) is -1.81. The third kappa shape index (κ3) is 6.75. The number of hydrogen-bond acceptors (Lipinski definition) is 8. The monoisotopic (exact) mass is 530 g/mol. The first-order valence-corrected chi connectivity index (χ1v) is 17.1. The third-order valence-corrected chi connectivity index (χ3v) is 8.67. The molecule has 0 aromatic carbocycles.